The smallest absolute Gasteiger partial charge is 0.122 e. The summed E-state index contributed by atoms with van der Waals surface area (Å²) in [6.07, 6.45) is 5.53. The summed E-state index contributed by atoms with van der Waals surface area (Å²) in [5.74, 6) is 0.907. The average Bonchev–Trinajstić information content (AvgIpc) is 3.02. The molecule has 0 saturated carbocycles. The number of aromatic hydroxyl groups is 3. The first kappa shape index (κ1) is 42.5. The Morgan fingerprint density at radius 1 is 0.373 bits per heavy atom. The van der Waals surface area contributed by atoms with E-state index >= 15 is 0 Å². The van der Waals surface area contributed by atoms with E-state index in [0.29, 0.717) is 24.3 Å². The van der Waals surface area contributed by atoms with Gasteiger partial charge in [-0.2, -0.15) is 0 Å². The van der Waals surface area contributed by atoms with E-state index in [0.717, 1.165) is 71.0 Å². The van der Waals surface area contributed by atoms with Crippen LogP contribution in [0.2, 0.25) is 0 Å². The molecule has 0 fully saturated rings. The molecule has 0 bridgehead atoms. The van der Waals surface area contributed by atoms with Gasteiger partial charge in [0.25, 0.3) is 0 Å². The largest absolute Gasteiger partial charge is 0.507 e. The molecule has 0 aliphatic rings. The lowest BCUT2D eigenvalue weighted by molar-refractivity contribution is 0.283. The van der Waals surface area contributed by atoms with Gasteiger partial charge in [-0.3, -0.25) is 0 Å². The summed E-state index contributed by atoms with van der Waals surface area (Å²) < 4.78 is 0. The number of phenolic OH excluding ortho intramolecular Hbond substituents is 3. The molecule has 3 nitrogen and oxygen atoms in total. The lowest BCUT2D eigenvalue weighted by Gasteiger charge is -2.34. The summed E-state index contributed by atoms with van der Waals surface area (Å²) in [6.45, 7) is 38.1. The zero-order valence-electron chi connectivity index (χ0n) is 35.8. The van der Waals surface area contributed by atoms with Crippen LogP contribution in [0.1, 0.15) is 200 Å². The molecule has 0 unspecified atom stereocenters. The third-order valence-corrected chi connectivity index (χ3v) is 12.7. The van der Waals surface area contributed by atoms with Gasteiger partial charge in [-0.15, -0.1) is 0 Å². The number of hydrogen-bond acceptors (Lipinski definition) is 3. The van der Waals surface area contributed by atoms with Gasteiger partial charge in [0.2, 0.25) is 0 Å². The van der Waals surface area contributed by atoms with Crippen LogP contribution in [0.5, 0.6) is 17.2 Å². The van der Waals surface area contributed by atoms with Crippen molar-refractivity contribution in [1.29, 1.82) is 0 Å². The van der Waals surface area contributed by atoms with E-state index in [4.69, 9.17) is 0 Å². The molecule has 3 rings (SSSR count). The Morgan fingerprint density at radius 2 is 0.647 bits per heavy atom. The lowest BCUT2D eigenvalue weighted by Crippen LogP contribution is -2.25. The molecule has 0 aliphatic heterocycles. The van der Waals surface area contributed by atoms with Crippen LogP contribution in [0.25, 0.3) is 0 Å². The van der Waals surface area contributed by atoms with Gasteiger partial charge >= 0.3 is 0 Å². The van der Waals surface area contributed by atoms with Crippen molar-refractivity contribution >= 4 is 0 Å². The maximum absolute atomic E-state index is 12.3. The molecule has 3 aromatic rings. The molecule has 284 valence electrons. The fourth-order valence-electron chi connectivity index (χ4n) is 7.52. The van der Waals surface area contributed by atoms with Crippen molar-refractivity contribution in [2.45, 2.75) is 190 Å². The summed E-state index contributed by atoms with van der Waals surface area (Å²) in [5, 5.41) is 36.1. The quantitative estimate of drug-likeness (QED) is 0.157. The predicted molar refractivity (Wildman–Crippen MR) is 220 cm³/mol. The SMILES string of the molecule is CCC(C)(C)c1cc(Cc2cc(C(C)(C)CC(C)(C)C)cc(Cc3cc(C(C)(C)CC)cc(C(C)(C)CC)c3O)c2O)c(O)c(C(C)(C)CC)c1. The molecular formula is C48H74O3. The Balaban J connectivity index is 2.39. The number of phenols is 3. The zero-order valence-corrected chi connectivity index (χ0v) is 35.8. The molecule has 3 heteroatoms. The second-order valence-electron chi connectivity index (χ2n) is 20.1. The molecular weight excluding hydrogens is 625 g/mol. The Morgan fingerprint density at radius 3 is 0.922 bits per heavy atom. The minimum Gasteiger partial charge on any atom is -0.507 e. The highest BCUT2D eigenvalue weighted by Gasteiger charge is 2.33. The lowest BCUT2D eigenvalue weighted by atomic mass is 9.71. The van der Waals surface area contributed by atoms with Crippen LogP contribution in [0.15, 0.2) is 36.4 Å². The van der Waals surface area contributed by atoms with Gasteiger partial charge in [0, 0.05) is 24.0 Å². The van der Waals surface area contributed by atoms with Gasteiger partial charge in [-0.25, -0.2) is 0 Å². The molecule has 51 heavy (non-hydrogen) atoms. The molecule has 0 spiro atoms. The van der Waals surface area contributed by atoms with E-state index in [2.05, 4.69) is 154 Å². The molecule has 3 aromatic carbocycles. The van der Waals surface area contributed by atoms with Crippen molar-refractivity contribution in [3.05, 3.63) is 86.5 Å². The molecule has 0 saturated heterocycles. The van der Waals surface area contributed by atoms with E-state index in [9.17, 15) is 15.3 Å². The number of benzene rings is 3. The standard InChI is InChI=1S/C48H74O3/c1-18-44(8,9)36-26-33(41(50)38(28-36)46(12,13)20-3)22-31-24-35(48(16,17)30-43(5,6)7)25-32(40(31)49)23-34-27-37(45(10,11)19-2)29-39(42(34)51)47(14,15)21-4/h24-29,49-51H,18-23,30H2,1-17H3. The fraction of sp³-hybridized carbons (Fsp3) is 0.625. The van der Waals surface area contributed by atoms with E-state index < -0.39 is 0 Å². The Bertz CT molecular complexity index is 1580. The van der Waals surface area contributed by atoms with Gasteiger partial charge in [0.05, 0.1) is 0 Å². The molecule has 0 atom stereocenters. The highest BCUT2D eigenvalue weighted by molar-refractivity contribution is 5.57. The van der Waals surface area contributed by atoms with E-state index in [1.165, 1.54) is 11.1 Å². The van der Waals surface area contributed by atoms with Gasteiger partial charge < -0.3 is 15.3 Å². The first-order chi connectivity index (χ1) is 23.2. The highest BCUT2D eigenvalue weighted by Crippen LogP contribution is 2.46. The van der Waals surface area contributed by atoms with Crippen LogP contribution in [-0.2, 0) is 39.9 Å². The topological polar surface area (TPSA) is 60.7 Å². The van der Waals surface area contributed by atoms with Crippen LogP contribution in [-0.4, -0.2) is 15.3 Å². The Labute approximate surface area is 313 Å². The van der Waals surface area contributed by atoms with Gasteiger partial charge in [-0.05, 0) is 104 Å². The van der Waals surface area contributed by atoms with Crippen molar-refractivity contribution in [2.24, 2.45) is 5.41 Å². The fourth-order valence-corrected chi connectivity index (χ4v) is 7.52. The van der Waals surface area contributed by atoms with Crippen molar-refractivity contribution < 1.29 is 15.3 Å². The van der Waals surface area contributed by atoms with E-state index in [1.807, 2.05) is 0 Å². The number of rotatable bonds is 14. The van der Waals surface area contributed by atoms with Crippen molar-refractivity contribution in [1.82, 2.24) is 0 Å². The molecule has 0 aliphatic carbocycles. The van der Waals surface area contributed by atoms with Crippen LogP contribution < -0.4 is 0 Å². The van der Waals surface area contributed by atoms with Crippen molar-refractivity contribution in [3.63, 3.8) is 0 Å². The van der Waals surface area contributed by atoms with Crippen LogP contribution in [0, 0.1) is 5.41 Å². The predicted octanol–water partition coefficient (Wildman–Crippen LogP) is 13.4. The molecule has 0 heterocycles. The first-order valence-electron chi connectivity index (χ1n) is 19.7. The van der Waals surface area contributed by atoms with Crippen molar-refractivity contribution in [3.8, 4) is 17.2 Å². The minimum absolute atomic E-state index is 0.0659. The molecule has 0 amide bonds. The second-order valence-corrected chi connectivity index (χ2v) is 20.1. The Kier molecular flexibility index (Phi) is 12.3. The number of hydrogen-bond donors (Lipinski definition) is 3. The van der Waals surface area contributed by atoms with Crippen LogP contribution in [0.3, 0.4) is 0 Å². The maximum atomic E-state index is 12.3. The summed E-state index contributed by atoms with van der Waals surface area (Å²) in [6, 6.07) is 13.1. The van der Waals surface area contributed by atoms with E-state index in [-0.39, 0.29) is 38.2 Å². The monoisotopic (exact) mass is 699 g/mol. The van der Waals surface area contributed by atoms with Crippen LogP contribution in [0.4, 0.5) is 0 Å². The Hall–Kier alpha value is -2.94. The summed E-state index contributed by atoms with van der Waals surface area (Å²) in [5.41, 5.74) is 8.21. The zero-order chi connectivity index (χ0) is 39.1. The molecule has 0 aromatic heterocycles. The normalized spacial score (nSPS) is 13.6. The van der Waals surface area contributed by atoms with Crippen LogP contribution >= 0.6 is 0 Å². The average molecular weight is 699 g/mol. The third kappa shape index (κ3) is 9.36. The van der Waals surface area contributed by atoms with Crippen molar-refractivity contribution in [2.75, 3.05) is 0 Å². The minimum atomic E-state index is -0.207. The van der Waals surface area contributed by atoms with E-state index in [1.54, 1.807) is 0 Å². The summed E-state index contributed by atoms with van der Waals surface area (Å²) in [7, 11) is 0. The first-order valence-corrected chi connectivity index (χ1v) is 19.7. The summed E-state index contributed by atoms with van der Waals surface area (Å²) in [4.78, 5) is 0. The highest BCUT2D eigenvalue weighted by atomic mass is 16.3. The van der Waals surface area contributed by atoms with Gasteiger partial charge in [0.1, 0.15) is 17.2 Å². The molecule has 0 radical (unpaired) electrons. The summed E-state index contributed by atoms with van der Waals surface area (Å²) >= 11 is 0. The van der Waals surface area contributed by atoms with Gasteiger partial charge in [0.15, 0.2) is 0 Å². The second kappa shape index (κ2) is 14.8. The maximum Gasteiger partial charge on any atom is 0.122 e. The van der Waals surface area contributed by atoms with Gasteiger partial charge in [-0.1, -0.05) is 154 Å². The third-order valence-electron chi connectivity index (χ3n) is 12.7. The molecule has 3 N–H and O–H groups in total.